The summed E-state index contributed by atoms with van der Waals surface area (Å²) in [5.41, 5.74) is 13.7. The monoisotopic (exact) mass is 135 g/mol. The molecule has 0 radical (unpaired) electrons. The first kappa shape index (κ1) is 6.89. The minimum atomic E-state index is 0.443. The average Bonchev–Trinajstić information content (AvgIpc) is 2.04. The second-order valence-electron chi connectivity index (χ2n) is 1.94. The van der Waals surface area contributed by atoms with Gasteiger partial charge in [0.15, 0.2) is 0 Å². The molecule has 0 amide bonds. The van der Waals surface area contributed by atoms with Crippen molar-refractivity contribution in [3.63, 3.8) is 0 Å². The number of hydrogen-bond acceptors (Lipinski definition) is 3. The number of hydrogen-bond donors (Lipinski definition) is 2. The Labute approximate surface area is 59.4 Å². The van der Waals surface area contributed by atoms with Crippen LogP contribution in [0.2, 0.25) is 0 Å². The highest BCUT2D eigenvalue weighted by Gasteiger charge is 1.94. The highest BCUT2D eigenvalue weighted by molar-refractivity contribution is 5.44. The fourth-order valence-corrected chi connectivity index (χ4v) is 0.793. The molecule has 3 N–H and O–H groups in total. The van der Waals surface area contributed by atoms with Crippen molar-refractivity contribution in [1.82, 2.24) is 0 Å². The Morgan fingerprint density at radius 2 is 2.10 bits per heavy atom. The van der Waals surface area contributed by atoms with Crippen LogP contribution in [0.5, 0.6) is 0 Å². The van der Waals surface area contributed by atoms with Crippen LogP contribution in [-0.4, -0.2) is 0 Å². The topological polar surface area (TPSA) is 62.2 Å². The minimum absolute atomic E-state index is 0.443. The molecule has 3 heteroatoms. The van der Waals surface area contributed by atoms with Gasteiger partial charge in [-0.3, -0.25) is 0 Å². The van der Waals surface area contributed by atoms with Gasteiger partial charge in [-0.1, -0.05) is 18.2 Å². The van der Waals surface area contributed by atoms with E-state index in [1.54, 1.807) is 6.07 Å². The van der Waals surface area contributed by atoms with Crippen LogP contribution < -0.4 is 5.73 Å². The predicted octanol–water partition coefficient (Wildman–Crippen LogP) is 1.81. The zero-order valence-electron chi connectivity index (χ0n) is 5.54. The predicted molar refractivity (Wildman–Crippen MR) is 39.1 cm³/mol. The van der Waals surface area contributed by atoms with Crippen LogP contribution in [0, 0.1) is 5.53 Å². The summed E-state index contributed by atoms with van der Waals surface area (Å²) in [7, 11) is 0. The summed E-state index contributed by atoms with van der Waals surface area (Å²) < 4.78 is 0. The first-order valence-electron chi connectivity index (χ1n) is 3.04. The molecule has 0 bridgehead atoms. The van der Waals surface area contributed by atoms with Crippen LogP contribution in [0.15, 0.2) is 29.4 Å². The van der Waals surface area contributed by atoms with Gasteiger partial charge < -0.3 is 5.73 Å². The molecule has 0 spiro atoms. The van der Waals surface area contributed by atoms with Crippen molar-refractivity contribution < 1.29 is 0 Å². The lowest BCUT2D eigenvalue weighted by Crippen LogP contribution is -1.95. The fraction of sp³-hybridized carbons (Fsp3) is 0.143. The van der Waals surface area contributed by atoms with E-state index in [2.05, 4.69) is 5.11 Å². The number of nitrogens with one attached hydrogen (secondary N) is 1. The zero-order valence-corrected chi connectivity index (χ0v) is 5.54. The van der Waals surface area contributed by atoms with Crippen molar-refractivity contribution in [2.75, 3.05) is 0 Å². The van der Waals surface area contributed by atoms with Crippen molar-refractivity contribution in [3.05, 3.63) is 29.8 Å². The molecule has 0 atom stereocenters. The molecule has 0 aliphatic heterocycles. The zero-order chi connectivity index (χ0) is 7.40. The summed E-state index contributed by atoms with van der Waals surface area (Å²) >= 11 is 0. The molecule has 0 saturated heterocycles. The van der Waals surface area contributed by atoms with Crippen LogP contribution in [0.3, 0.4) is 0 Å². The average molecular weight is 135 g/mol. The highest BCUT2D eigenvalue weighted by atomic mass is 15.0. The van der Waals surface area contributed by atoms with E-state index in [0.29, 0.717) is 12.2 Å². The van der Waals surface area contributed by atoms with Gasteiger partial charge in [-0.05, 0) is 11.6 Å². The molecule has 10 heavy (non-hydrogen) atoms. The summed E-state index contributed by atoms with van der Waals surface area (Å²) in [6.45, 7) is 0.443. The lowest BCUT2D eigenvalue weighted by Gasteiger charge is -1.97. The molecule has 1 aromatic rings. The second kappa shape index (κ2) is 3.08. The minimum Gasteiger partial charge on any atom is -0.326 e. The first-order valence-corrected chi connectivity index (χ1v) is 3.04. The van der Waals surface area contributed by atoms with Crippen LogP contribution >= 0.6 is 0 Å². The summed E-state index contributed by atoms with van der Waals surface area (Å²) in [5.74, 6) is 0. The maximum Gasteiger partial charge on any atom is 0.0894 e. The van der Waals surface area contributed by atoms with E-state index >= 15 is 0 Å². The maximum absolute atomic E-state index is 6.76. The molecule has 3 nitrogen and oxygen atoms in total. The number of nitrogens with zero attached hydrogens (tertiary/aromatic N) is 1. The molecule has 0 aliphatic rings. The lowest BCUT2D eigenvalue weighted by atomic mass is 10.2. The molecule has 0 aliphatic carbocycles. The van der Waals surface area contributed by atoms with E-state index in [-0.39, 0.29) is 0 Å². The van der Waals surface area contributed by atoms with Crippen molar-refractivity contribution in [2.24, 2.45) is 10.8 Å². The first-order chi connectivity index (χ1) is 4.88. The normalized spacial score (nSPS) is 9.30. The van der Waals surface area contributed by atoms with Crippen LogP contribution in [0.25, 0.3) is 0 Å². The van der Waals surface area contributed by atoms with Gasteiger partial charge in [0, 0.05) is 6.54 Å². The fourth-order valence-electron chi connectivity index (χ4n) is 0.793. The molecule has 0 heterocycles. The molecule has 0 unspecified atom stereocenters. The summed E-state index contributed by atoms with van der Waals surface area (Å²) in [5, 5.41) is 3.31. The van der Waals surface area contributed by atoms with E-state index in [4.69, 9.17) is 11.3 Å². The number of benzene rings is 1. The van der Waals surface area contributed by atoms with E-state index < -0.39 is 0 Å². The van der Waals surface area contributed by atoms with Crippen molar-refractivity contribution in [1.29, 1.82) is 5.53 Å². The second-order valence-corrected chi connectivity index (χ2v) is 1.94. The van der Waals surface area contributed by atoms with Crippen molar-refractivity contribution in [2.45, 2.75) is 6.54 Å². The Kier molecular flexibility index (Phi) is 2.12. The van der Waals surface area contributed by atoms with Gasteiger partial charge >= 0.3 is 0 Å². The van der Waals surface area contributed by atoms with Crippen molar-refractivity contribution in [3.8, 4) is 0 Å². The third kappa shape index (κ3) is 1.19. The van der Waals surface area contributed by atoms with Gasteiger partial charge in [0.1, 0.15) is 0 Å². The molecule has 52 valence electrons. The van der Waals surface area contributed by atoms with Gasteiger partial charge in [0.25, 0.3) is 0 Å². The molecular weight excluding hydrogens is 126 g/mol. The van der Waals surface area contributed by atoms with Crippen LogP contribution in [0.4, 0.5) is 5.69 Å². The summed E-state index contributed by atoms with van der Waals surface area (Å²) in [6, 6.07) is 7.37. The van der Waals surface area contributed by atoms with Gasteiger partial charge in [0.2, 0.25) is 0 Å². The van der Waals surface area contributed by atoms with Crippen LogP contribution in [0.1, 0.15) is 5.56 Å². The maximum atomic E-state index is 6.76. The Balaban J connectivity index is 3.08. The van der Waals surface area contributed by atoms with Gasteiger partial charge in [-0.25, -0.2) is 5.53 Å². The van der Waals surface area contributed by atoms with Gasteiger partial charge in [0.05, 0.1) is 5.69 Å². The summed E-state index contributed by atoms with van der Waals surface area (Å²) in [4.78, 5) is 0. The Hall–Kier alpha value is -1.22. The SMILES string of the molecule is N=Nc1ccccc1CN. The molecule has 0 aromatic heterocycles. The van der Waals surface area contributed by atoms with E-state index in [1.807, 2.05) is 18.2 Å². The molecule has 1 aromatic carbocycles. The summed E-state index contributed by atoms with van der Waals surface area (Å²) in [6.07, 6.45) is 0. The van der Waals surface area contributed by atoms with Crippen LogP contribution in [-0.2, 0) is 6.54 Å². The Morgan fingerprint density at radius 1 is 1.40 bits per heavy atom. The lowest BCUT2D eigenvalue weighted by molar-refractivity contribution is 1.04. The number of nitrogens with two attached hydrogens (primary N) is 1. The Morgan fingerprint density at radius 3 is 2.60 bits per heavy atom. The highest BCUT2D eigenvalue weighted by Crippen LogP contribution is 2.16. The number of rotatable bonds is 2. The smallest absolute Gasteiger partial charge is 0.0894 e. The van der Waals surface area contributed by atoms with E-state index in [9.17, 15) is 0 Å². The standard InChI is InChI=1S/C7H9N3/c8-5-6-3-1-2-4-7(6)10-9/h1-4,9H,5,8H2. The third-order valence-corrected chi connectivity index (χ3v) is 1.33. The van der Waals surface area contributed by atoms with Gasteiger partial charge in [-0.15, -0.1) is 0 Å². The molecule has 1 rings (SSSR count). The van der Waals surface area contributed by atoms with Crippen molar-refractivity contribution >= 4 is 5.69 Å². The number of para-hydroxylation sites is 1. The largest absolute Gasteiger partial charge is 0.326 e. The van der Waals surface area contributed by atoms with E-state index in [0.717, 1.165) is 5.56 Å². The quantitative estimate of drug-likeness (QED) is 0.597. The molecule has 0 fully saturated rings. The van der Waals surface area contributed by atoms with Gasteiger partial charge in [-0.2, -0.15) is 5.11 Å². The molecule has 0 saturated carbocycles. The molecular formula is C7H9N3. The Bertz CT molecular complexity index is 232. The van der Waals surface area contributed by atoms with E-state index in [1.165, 1.54) is 0 Å². The third-order valence-electron chi connectivity index (χ3n) is 1.33.